The molecule has 0 aliphatic rings. The molecule has 0 saturated heterocycles. The van der Waals surface area contributed by atoms with Gasteiger partial charge in [0.2, 0.25) is 0 Å². The Labute approximate surface area is 200 Å². The topological polar surface area (TPSA) is 111 Å². The molecule has 0 heterocycles. The number of Topliss-reactive ketones (excluding diaryl/α,β-unsaturated/α-hetero) is 1. The van der Waals surface area contributed by atoms with Crippen molar-refractivity contribution in [2.75, 3.05) is 20.2 Å². The summed E-state index contributed by atoms with van der Waals surface area (Å²) in [4.78, 5) is 49.0. The predicted octanol–water partition coefficient (Wildman–Crippen LogP) is 2.70. The summed E-state index contributed by atoms with van der Waals surface area (Å²) in [5.41, 5.74) is 1.11. The number of ether oxygens (including phenoxy) is 2. The van der Waals surface area contributed by atoms with Crippen molar-refractivity contribution in [1.82, 2.24) is 10.6 Å². The number of amides is 1. The van der Waals surface area contributed by atoms with Gasteiger partial charge >= 0.3 is 11.9 Å². The first-order chi connectivity index (χ1) is 16.1. The lowest BCUT2D eigenvalue weighted by molar-refractivity contribution is -0.157. The van der Waals surface area contributed by atoms with Crippen LogP contribution in [0.1, 0.15) is 53.5 Å². The minimum atomic E-state index is -0.907. The summed E-state index contributed by atoms with van der Waals surface area (Å²) < 4.78 is 10.1. The van der Waals surface area contributed by atoms with Gasteiger partial charge in [0.1, 0.15) is 11.6 Å². The fourth-order valence-corrected chi connectivity index (χ4v) is 3.02. The Hall–Kier alpha value is -3.52. The number of carbonyl (C=O) groups excluding carboxylic acids is 4. The maximum Gasteiger partial charge on any atom is 0.325 e. The van der Waals surface area contributed by atoms with Crippen LogP contribution in [0.3, 0.4) is 0 Å². The molecule has 1 amide bonds. The van der Waals surface area contributed by atoms with Crippen molar-refractivity contribution in [2.24, 2.45) is 0 Å². The molecule has 0 aliphatic heterocycles. The van der Waals surface area contributed by atoms with E-state index in [1.807, 2.05) is 6.07 Å². The molecule has 182 valence electrons. The number of carbonyl (C=O) groups is 4. The van der Waals surface area contributed by atoms with Crippen LogP contribution in [0, 0.1) is 0 Å². The standard InChI is InChI=1S/C26H32N2O6/c1-26(2,3)34-25(32)21(27-17-22(29)19-8-6-5-7-9-19)16-28-24(31)20-13-10-18(11-14-20)12-15-23(30)33-4/h5-11,13-14,21,27H,12,15-17H2,1-4H3,(H,28,31). The van der Waals surface area contributed by atoms with Gasteiger partial charge < -0.3 is 14.8 Å². The molecule has 0 radical (unpaired) electrons. The number of esters is 2. The van der Waals surface area contributed by atoms with Gasteiger partial charge in [-0.25, -0.2) is 0 Å². The van der Waals surface area contributed by atoms with Gasteiger partial charge in [0.25, 0.3) is 5.91 Å². The second-order valence-corrected chi connectivity index (χ2v) is 8.74. The second kappa shape index (κ2) is 12.6. The Morgan fingerprint density at radius 3 is 2.15 bits per heavy atom. The van der Waals surface area contributed by atoms with Gasteiger partial charge in [-0.1, -0.05) is 42.5 Å². The van der Waals surface area contributed by atoms with E-state index in [2.05, 4.69) is 15.4 Å². The molecule has 8 nitrogen and oxygen atoms in total. The first-order valence-corrected chi connectivity index (χ1v) is 11.1. The zero-order valence-electron chi connectivity index (χ0n) is 20.1. The quantitative estimate of drug-likeness (QED) is 0.385. The van der Waals surface area contributed by atoms with Crippen LogP contribution < -0.4 is 10.6 Å². The minimum Gasteiger partial charge on any atom is -0.469 e. The normalized spacial score (nSPS) is 11.9. The summed E-state index contributed by atoms with van der Waals surface area (Å²) in [6, 6.07) is 14.7. The predicted molar refractivity (Wildman–Crippen MR) is 128 cm³/mol. The largest absolute Gasteiger partial charge is 0.469 e. The van der Waals surface area contributed by atoms with E-state index in [0.29, 0.717) is 17.5 Å². The van der Waals surface area contributed by atoms with Crippen molar-refractivity contribution >= 4 is 23.6 Å². The molecule has 0 fully saturated rings. The molecule has 1 atom stereocenters. The Balaban J connectivity index is 1.98. The van der Waals surface area contributed by atoms with Crippen LogP contribution >= 0.6 is 0 Å². The highest BCUT2D eigenvalue weighted by atomic mass is 16.6. The molecular weight excluding hydrogens is 436 g/mol. The van der Waals surface area contributed by atoms with Crippen molar-refractivity contribution in [1.29, 1.82) is 0 Å². The van der Waals surface area contributed by atoms with Crippen LogP contribution in [-0.2, 0) is 25.5 Å². The van der Waals surface area contributed by atoms with Gasteiger partial charge in [-0.3, -0.25) is 24.5 Å². The number of methoxy groups -OCH3 is 1. The van der Waals surface area contributed by atoms with E-state index in [1.165, 1.54) is 7.11 Å². The summed E-state index contributed by atoms with van der Waals surface area (Å²) >= 11 is 0. The van der Waals surface area contributed by atoms with Gasteiger partial charge in [0, 0.05) is 24.1 Å². The van der Waals surface area contributed by atoms with E-state index in [-0.39, 0.29) is 37.2 Å². The molecule has 0 bridgehead atoms. The summed E-state index contributed by atoms with van der Waals surface area (Å²) in [6.45, 7) is 5.10. The number of nitrogens with one attached hydrogen (secondary N) is 2. The number of benzene rings is 2. The molecule has 1 unspecified atom stereocenters. The van der Waals surface area contributed by atoms with Gasteiger partial charge in [-0.05, 0) is 44.9 Å². The van der Waals surface area contributed by atoms with E-state index in [9.17, 15) is 19.2 Å². The van der Waals surface area contributed by atoms with E-state index in [4.69, 9.17) is 4.74 Å². The first kappa shape index (κ1) is 26.7. The minimum absolute atomic E-state index is 0.0556. The Morgan fingerprint density at radius 2 is 1.56 bits per heavy atom. The number of ketones is 1. The third kappa shape index (κ3) is 9.15. The Kier molecular flexibility index (Phi) is 9.94. The molecule has 0 spiro atoms. The third-order valence-electron chi connectivity index (χ3n) is 4.82. The molecule has 0 saturated carbocycles. The lowest BCUT2D eigenvalue weighted by Crippen LogP contribution is -2.49. The molecule has 34 heavy (non-hydrogen) atoms. The highest BCUT2D eigenvalue weighted by molar-refractivity contribution is 5.98. The number of aryl methyl sites for hydroxylation is 1. The zero-order valence-corrected chi connectivity index (χ0v) is 20.1. The van der Waals surface area contributed by atoms with Crippen molar-refractivity contribution in [3.05, 3.63) is 71.3 Å². The molecule has 2 rings (SSSR count). The molecule has 0 aliphatic carbocycles. The number of hydrogen-bond donors (Lipinski definition) is 2. The fraction of sp³-hybridized carbons (Fsp3) is 0.385. The monoisotopic (exact) mass is 468 g/mol. The number of rotatable bonds is 11. The summed E-state index contributed by atoms with van der Waals surface area (Å²) in [7, 11) is 1.34. The molecular formula is C26H32N2O6. The van der Waals surface area contributed by atoms with Gasteiger partial charge in [-0.15, -0.1) is 0 Å². The van der Waals surface area contributed by atoms with Crippen LogP contribution in [0.2, 0.25) is 0 Å². The van der Waals surface area contributed by atoms with Crippen LogP contribution in [0.4, 0.5) is 0 Å². The smallest absolute Gasteiger partial charge is 0.325 e. The SMILES string of the molecule is COC(=O)CCc1ccc(C(=O)NCC(NCC(=O)c2ccccc2)C(=O)OC(C)(C)C)cc1. The maximum absolute atomic E-state index is 12.7. The third-order valence-corrected chi connectivity index (χ3v) is 4.82. The van der Waals surface area contributed by atoms with E-state index in [0.717, 1.165) is 5.56 Å². The van der Waals surface area contributed by atoms with Crippen LogP contribution in [0.5, 0.6) is 0 Å². The van der Waals surface area contributed by atoms with Crippen molar-refractivity contribution in [2.45, 2.75) is 45.3 Å². The number of hydrogen-bond acceptors (Lipinski definition) is 7. The molecule has 0 aromatic heterocycles. The van der Waals surface area contributed by atoms with E-state index in [1.54, 1.807) is 69.3 Å². The van der Waals surface area contributed by atoms with Crippen molar-refractivity contribution in [3.8, 4) is 0 Å². The van der Waals surface area contributed by atoms with Crippen LogP contribution in [0.25, 0.3) is 0 Å². The fourth-order valence-electron chi connectivity index (χ4n) is 3.02. The van der Waals surface area contributed by atoms with Gasteiger partial charge in [0.15, 0.2) is 5.78 Å². The average molecular weight is 469 g/mol. The average Bonchev–Trinajstić information content (AvgIpc) is 2.81. The highest BCUT2D eigenvalue weighted by Crippen LogP contribution is 2.10. The molecule has 2 aromatic carbocycles. The summed E-state index contributed by atoms with van der Waals surface area (Å²) in [5, 5.41) is 5.63. The maximum atomic E-state index is 12.7. The second-order valence-electron chi connectivity index (χ2n) is 8.74. The summed E-state index contributed by atoms with van der Waals surface area (Å²) in [5.74, 6) is -1.41. The molecule has 2 N–H and O–H groups in total. The van der Waals surface area contributed by atoms with Crippen LogP contribution in [-0.4, -0.2) is 55.5 Å². The Morgan fingerprint density at radius 1 is 0.912 bits per heavy atom. The molecule has 8 heteroatoms. The lowest BCUT2D eigenvalue weighted by atomic mass is 10.1. The highest BCUT2D eigenvalue weighted by Gasteiger charge is 2.26. The van der Waals surface area contributed by atoms with E-state index < -0.39 is 17.6 Å². The Bertz CT molecular complexity index is 981. The van der Waals surface area contributed by atoms with Crippen molar-refractivity contribution < 1.29 is 28.7 Å². The van der Waals surface area contributed by atoms with E-state index >= 15 is 0 Å². The summed E-state index contributed by atoms with van der Waals surface area (Å²) in [6.07, 6.45) is 0.766. The molecule has 2 aromatic rings. The zero-order chi connectivity index (χ0) is 25.1. The van der Waals surface area contributed by atoms with Crippen LogP contribution in [0.15, 0.2) is 54.6 Å². The first-order valence-electron chi connectivity index (χ1n) is 11.1. The van der Waals surface area contributed by atoms with Crippen molar-refractivity contribution in [3.63, 3.8) is 0 Å². The van der Waals surface area contributed by atoms with Gasteiger partial charge in [-0.2, -0.15) is 0 Å². The lowest BCUT2D eigenvalue weighted by Gasteiger charge is -2.24. The van der Waals surface area contributed by atoms with Gasteiger partial charge in [0.05, 0.1) is 13.7 Å².